The van der Waals surface area contributed by atoms with Crippen molar-refractivity contribution in [3.8, 4) is 0 Å². The molecule has 0 aromatic heterocycles. The molecule has 0 aliphatic rings. The van der Waals surface area contributed by atoms with Crippen LogP contribution in [0.1, 0.15) is 13.8 Å². The van der Waals surface area contributed by atoms with Crippen LogP contribution in [0.4, 0.5) is 0 Å². The number of aliphatic carboxylic acids is 2. The van der Waals surface area contributed by atoms with Crippen LogP contribution in [0, 0.1) is 0 Å². The second-order valence-electron chi connectivity index (χ2n) is 1.04. The molecule has 0 rings (SSSR count). The summed E-state index contributed by atoms with van der Waals surface area (Å²) in [6.45, 7) is 2.17. The molecule has 0 aromatic rings. The normalized spacial score (nSPS) is 5.00. The maximum absolute atomic E-state index is 9.00. The largest absolute Gasteiger partial charge is 0.316 e. The van der Waals surface area contributed by atoms with Crippen molar-refractivity contribution in [2.45, 2.75) is 13.8 Å². The van der Waals surface area contributed by atoms with E-state index in [-0.39, 0.29) is 74.4 Å². The predicted octanol–water partition coefficient (Wildman–Crippen LogP) is -1.38. The molecule has 0 saturated heterocycles. The predicted molar refractivity (Wildman–Crippen MR) is 42.3 cm³/mol. The van der Waals surface area contributed by atoms with Gasteiger partial charge in [-0.2, -0.15) is 0 Å². The molecule has 4 nitrogen and oxygen atoms in total. The van der Waals surface area contributed by atoms with Gasteiger partial charge in [0.1, 0.15) is 0 Å². The SMILES string of the molecule is CC(=O)O.CC(=O)O.[KH].[MgH2]. The molecule has 0 fully saturated rings. The van der Waals surface area contributed by atoms with Crippen molar-refractivity contribution in [1.82, 2.24) is 0 Å². The van der Waals surface area contributed by atoms with Gasteiger partial charge in [0.25, 0.3) is 11.9 Å². The minimum Gasteiger partial charge on any atom is 0.316 e. The minimum absolute atomic E-state index is 0. The maximum atomic E-state index is 9.00. The fourth-order valence-electron chi connectivity index (χ4n) is 0. The summed E-state index contributed by atoms with van der Waals surface area (Å²) in [6, 6.07) is 0. The van der Waals surface area contributed by atoms with Crippen LogP contribution in [0.3, 0.4) is 0 Å². The Labute approximate surface area is 118 Å². The summed E-state index contributed by atoms with van der Waals surface area (Å²) in [4.78, 5) is 18.0. The van der Waals surface area contributed by atoms with Gasteiger partial charge in [-0.05, 0) is 0 Å². The molecule has 0 radical (unpaired) electrons. The summed E-state index contributed by atoms with van der Waals surface area (Å²) in [5, 5.41) is 14.8. The third-order valence-electron chi connectivity index (χ3n) is 0. The standard InChI is InChI=1S/2C2H4O2.K.Mg.3H/c2*1-2(3)4;;;;;/h2*1H3,(H,3,4);;;;;. The monoisotopic (exact) mass is 186 g/mol. The van der Waals surface area contributed by atoms with Crippen LogP contribution >= 0.6 is 0 Å². The van der Waals surface area contributed by atoms with Gasteiger partial charge in [0, 0.05) is 13.8 Å². The Morgan fingerprint density at radius 1 is 1.00 bits per heavy atom. The van der Waals surface area contributed by atoms with E-state index < -0.39 is 11.9 Å². The third-order valence-corrected chi connectivity index (χ3v) is 0. The van der Waals surface area contributed by atoms with Crippen molar-refractivity contribution in [2.24, 2.45) is 0 Å². The van der Waals surface area contributed by atoms with Gasteiger partial charge in [-0.1, -0.05) is 0 Å². The van der Waals surface area contributed by atoms with Crippen molar-refractivity contribution >= 4 is 86.4 Å². The molecular formula is C4H11KMgO4. The zero-order chi connectivity index (χ0) is 7.15. The molecule has 6 heteroatoms. The first-order valence-corrected chi connectivity index (χ1v) is 1.86. The zero-order valence-corrected chi connectivity index (χ0v) is 4.71. The smallest absolute Gasteiger partial charge is 0.316 e. The van der Waals surface area contributed by atoms with Crippen molar-refractivity contribution < 1.29 is 19.8 Å². The van der Waals surface area contributed by atoms with Crippen molar-refractivity contribution in [1.29, 1.82) is 0 Å². The summed E-state index contributed by atoms with van der Waals surface area (Å²) < 4.78 is 0. The molecule has 0 aromatic carbocycles. The summed E-state index contributed by atoms with van der Waals surface area (Å²) in [6.07, 6.45) is 0. The Hall–Kier alpha value is 1.34. The fraction of sp³-hybridized carbons (Fsp3) is 0.500. The zero-order valence-electron chi connectivity index (χ0n) is 4.71. The van der Waals surface area contributed by atoms with E-state index in [0.29, 0.717) is 0 Å². The maximum Gasteiger partial charge on any atom is 0.316 e. The number of carboxylic acids is 2. The molecule has 0 heterocycles. The quantitative estimate of drug-likeness (QED) is 0.457. The van der Waals surface area contributed by atoms with Gasteiger partial charge in [-0.25, -0.2) is 0 Å². The molecular weight excluding hydrogens is 175 g/mol. The van der Waals surface area contributed by atoms with E-state index in [1.54, 1.807) is 0 Å². The Kier molecular flexibility index (Phi) is 37.7. The van der Waals surface area contributed by atoms with Gasteiger partial charge in [0.05, 0.1) is 0 Å². The Morgan fingerprint density at radius 3 is 1.00 bits per heavy atom. The summed E-state index contributed by atoms with van der Waals surface area (Å²) >= 11 is 0. The Bertz CT molecular complexity index is 75.3. The second kappa shape index (κ2) is 16.7. The van der Waals surface area contributed by atoms with E-state index in [4.69, 9.17) is 19.8 Å². The van der Waals surface area contributed by atoms with Crippen LogP contribution in [-0.2, 0) is 9.59 Å². The first-order valence-electron chi connectivity index (χ1n) is 1.86. The average Bonchev–Trinajstić information content (AvgIpc) is 1.25. The van der Waals surface area contributed by atoms with Crippen LogP contribution < -0.4 is 0 Å². The van der Waals surface area contributed by atoms with Crippen molar-refractivity contribution in [2.75, 3.05) is 0 Å². The number of carboxylic acid groups (broad SMARTS) is 2. The topological polar surface area (TPSA) is 74.6 Å². The van der Waals surface area contributed by atoms with E-state index in [9.17, 15) is 0 Å². The molecule has 0 unspecified atom stereocenters. The number of rotatable bonds is 0. The molecule has 0 spiro atoms. The van der Waals surface area contributed by atoms with Crippen molar-refractivity contribution in [3.05, 3.63) is 0 Å². The molecule has 54 valence electrons. The summed E-state index contributed by atoms with van der Waals surface area (Å²) in [5.74, 6) is -1.67. The summed E-state index contributed by atoms with van der Waals surface area (Å²) in [5.41, 5.74) is 0. The Morgan fingerprint density at radius 2 is 1.00 bits per heavy atom. The molecule has 0 bridgehead atoms. The van der Waals surface area contributed by atoms with Gasteiger partial charge < -0.3 is 10.2 Å². The van der Waals surface area contributed by atoms with Crippen LogP contribution in [0.5, 0.6) is 0 Å². The molecule has 0 saturated carbocycles. The van der Waals surface area contributed by atoms with E-state index in [1.807, 2.05) is 0 Å². The van der Waals surface area contributed by atoms with Gasteiger partial charge in [0.2, 0.25) is 0 Å². The fourth-order valence-corrected chi connectivity index (χ4v) is 0. The molecule has 0 amide bonds. The first kappa shape index (κ1) is 22.5. The molecule has 0 aliphatic heterocycles. The first-order chi connectivity index (χ1) is 3.46. The van der Waals surface area contributed by atoms with Gasteiger partial charge in [0.15, 0.2) is 0 Å². The van der Waals surface area contributed by atoms with E-state index in [2.05, 4.69) is 0 Å². The van der Waals surface area contributed by atoms with Crippen LogP contribution in [0.25, 0.3) is 0 Å². The number of carbonyl (C=O) groups is 2. The summed E-state index contributed by atoms with van der Waals surface area (Å²) in [7, 11) is 0. The van der Waals surface area contributed by atoms with E-state index in [0.717, 1.165) is 13.8 Å². The average molecular weight is 187 g/mol. The second-order valence-corrected chi connectivity index (χ2v) is 1.04. The number of hydrogen-bond donors (Lipinski definition) is 2. The van der Waals surface area contributed by atoms with Gasteiger partial charge in [-0.3, -0.25) is 9.59 Å². The minimum atomic E-state index is -0.833. The van der Waals surface area contributed by atoms with E-state index in [1.165, 1.54) is 0 Å². The van der Waals surface area contributed by atoms with Gasteiger partial charge >= 0.3 is 74.4 Å². The van der Waals surface area contributed by atoms with Crippen molar-refractivity contribution in [3.63, 3.8) is 0 Å². The van der Waals surface area contributed by atoms with Gasteiger partial charge in [-0.15, -0.1) is 0 Å². The van der Waals surface area contributed by atoms with Crippen LogP contribution in [-0.4, -0.2) is 96.6 Å². The van der Waals surface area contributed by atoms with Crippen LogP contribution in [0.2, 0.25) is 0 Å². The van der Waals surface area contributed by atoms with Crippen LogP contribution in [0.15, 0.2) is 0 Å². The molecule has 0 aliphatic carbocycles. The molecule has 0 atom stereocenters. The number of hydrogen-bond acceptors (Lipinski definition) is 2. The third kappa shape index (κ3) is 361. The van der Waals surface area contributed by atoms with E-state index >= 15 is 0 Å². The molecule has 2 N–H and O–H groups in total. The Balaban J connectivity index is -0.0000000300. The molecule has 10 heavy (non-hydrogen) atoms.